The molecule has 216 valence electrons. The molecule has 17 heteroatoms. The van der Waals surface area contributed by atoms with Crippen LogP contribution < -0.4 is 21.7 Å². The third-order valence-electron chi connectivity index (χ3n) is 7.96. The zero-order valence-electron chi connectivity index (χ0n) is 22.1. The molecule has 0 aliphatic carbocycles. The van der Waals surface area contributed by atoms with Crippen molar-refractivity contribution in [2.75, 3.05) is 19.6 Å². The number of nitrogens with zero attached hydrogens (tertiary/aromatic N) is 6. The average Bonchev–Trinajstić information content (AvgIpc) is 3.67. The molecular weight excluding hydrogens is 542 g/mol. The van der Waals surface area contributed by atoms with E-state index in [0.717, 1.165) is 0 Å². The van der Waals surface area contributed by atoms with Crippen LogP contribution in [0, 0.1) is 17.2 Å². The molecule has 16 nitrogen and oxygen atoms in total. The Hall–Kier alpha value is -3.73. The number of likely N-dealkylation sites (tertiary alicyclic amines) is 1. The first-order valence-corrected chi connectivity index (χ1v) is 14.0. The Morgan fingerprint density at radius 3 is 2.83 bits per heavy atom. The number of hydrogen-bond acceptors (Lipinski definition) is 10. The van der Waals surface area contributed by atoms with E-state index in [-0.39, 0.29) is 65.2 Å². The van der Waals surface area contributed by atoms with Gasteiger partial charge in [-0.2, -0.15) is 0 Å². The number of nitrogens with one attached hydrogen (secondary N) is 4. The van der Waals surface area contributed by atoms with Crippen LogP contribution in [0.15, 0.2) is 16.9 Å². The molecule has 4 aliphatic rings. The summed E-state index contributed by atoms with van der Waals surface area (Å²) in [4.78, 5) is 54.7. The summed E-state index contributed by atoms with van der Waals surface area (Å²) in [5.74, 6) is -2.80. The number of aromatic nitrogens is 4. The monoisotopic (exact) mass is 575 g/mol. The Balaban J connectivity index is 1.20. The lowest BCUT2D eigenvalue weighted by atomic mass is 9.78. The van der Waals surface area contributed by atoms with Crippen molar-refractivity contribution >= 4 is 41.4 Å². The number of amides is 3. The summed E-state index contributed by atoms with van der Waals surface area (Å²) in [5, 5.41) is 37.0. The molecule has 0 spiro atoms. The minimum absolute atomic E-state index is 0.0107. The lowest BCUT2D eigenvalue weighted by Crippen LogP contribution is -2.66. The molecule has 7 N–H and O–H groups in total. The van der Waals surface area contributed by atoms with E-state index in [9.17, 15) is 24.3 Å². The summed E-state index contributed by atoms with van der Waals surface area (Å²) in [6, 6.07) is -1.33. The molecule has 7 unspecified atom stereocenters. The number of carbonyl (C=O) groups excluding carboxylic acids is 3. The number of thioether (sulfide) groups is 1. The first-order valence-electron chi connectivity index (χ1n) is 13.1. The van der Waals surface area contributed by atoms with Gasteiger partial charge in [0, 0.05) is 47.8 Å². The molecule has 3 fully saturated rings. The van der Waals surface area contributed by atoms with E-state index >= 15 is 0 Å². The standard InChI is InChI=1S/C23H33N11O5S/c1-10-17-16(11(2)28-15(35)8-33-9-27-30-31-33)21(37)34(17)18(22(38)39)19(10)40-13-5-14(26-6-13)20(36)32-4-3-12(7-32)29-23(24)25/h9-14,16-17,26H,3-8H2,1-2H3,(H,28,35)(H,38,39)(H4,24,25,29). The van der Waals surface area contributed by atoms with E-state index < -0.39 is 17.9 Å². The number of nitrogens with two attached hydrogens (primary N) is 1. The smallest absolute Gasteiger partial charge is 0.353 e. The first kappa shape index (κ1) is 27.8. The number of β-lactam (4-membered cyclic amide) rings is 1. The Bertz CT molecular complexity index is 1240. The van der Waals surface area contributed by atoms with Gasteiger partial charge in [0.2, 0.25) is 17.7 Å². The Morgan fingerprint density at radius 1 is 1.38 bits per heavy atom. The molecule has 0 saturated carbocycles. The maximum absolute atomic E-state index is 13.1. The van der Waals surface area contributed by atoms with Gasteiger partial charge in [-0.05, 0) is 30.2 Å². The third-order valence-corrected chi connectivity index (χ3v) is 9.47. The van der Waals surface area contributed by atoms with Crippen molar-refractivity contribution < 1.29 is 24.3 Å². The number of tetrazole rings is 1. The van der Waals surface area contributed by atoms with Gasteiger partial charge in [0.25, 0.3) is 0 Å². The number of hydrogen-bond donors (Lipinski definition) is 6. The minimum atomic E-state index is -1.17. The summed E-state index contributed by atoms with van der Waals surface area (Å²) in [7, 11) is 0. The minimum Gasteiger partial charge on any atom is -0.477 e. The summed E-state index contributed by atoms with van der Waals surface area (Å²) in [6.45, 7) is 5.13. The maximum atomic E-state index is 13.1. The Kier molecular flexibility index (Phi) is 7.67. The van der Waals surface area contributed by atoms with Gasteiger partial charge in [-0.25, -0.2) is 9.48 Å². The van der Waals surface area contributed by atoms with Gasteiger partial charge in [0.15, 0.2) is 5.96 Å². The molecular formula is C23H33N11O5S. The van der Waals surface area contributed by atoms with Gasteiger partial charge in [-0.1, -0.05) is 6.92 Å². The van der Waals surface area contributed by atoms with Crippen LogP contribution in [0.4, 0.5) is 0 Å². The van der Waals surface area contributed by atoms with Crippen molar-refractivity contribution in [2.24, 2.45) is 17.6 Å². The van der Waals surface area contributed by atoms with Gasteiger partial charge < -0.3 is 36.6 Å². The SMILES string of the molecule is CC(NC(=O)Cn1cnnn1)C1C(=O)N2C(C(=O)O)=C(SC3CNC(C(=O)N4CCC(NC(=N)N)C4)C3)C(C)C12. The molecule has 5 rings (SSSR count). The average molecular weight is 576 g/mol. The quantitative estimate of drug-likeness (QED) is 0.102. The number of guanidine groups is 1. The zero-order chi connectivity index (χ0) is 28.7. The van der Waals surface area contributed by atoms with E-state index in [1.807, 2.05) is 6.92 Å². The summed E-state index contributed by atoms with van der Waals surface area (Å²) in [6.07, 6.45) is 2.56. The molecule has 7 atom stereocenters. The number of rotatable bonds is 9. The van der Waals surface area contributed by atoms with Crippen LogP contribution in [0.1, 0.15) is 26.7 Å². The van der Waals surface area contributed by atoms with Gasteiger partial charge in [0.05, 0.1) is 18.0 Å². The predicted octanol–water partition coefficient (Wildman–Crippen LogP) is -2.50. The van der Waals surface area contributed by atoms with Crippen LogP contribution in [0.2, 0.25) is 0 Å². The third kappa shape index (κ3) is 5.22. The van der Waals surface area contributed by atoms with E-state index in [4.69, 9.17) is 11.1 Å². The van der Waals surface area contributed by atoms with E-state index in [1.165, 1.54) is 27.7 Å². The molecule has 5 heterocycles. The lowest BCUT2D eigenvalue weighted by Gasteiger charge is -2.47. The molecule has 0 bridgehead atoms. The highest BCUT2D eigenvalue weighted by molar-refractivity contribution is 8.03. The van der Waals surface area contributed by atoms with Crippen molar-refractivity contribution in [3.05, 3.63) is 16.9 Å². The van der Waals surface area contributed by atoms with Gasteiger partial charge in [-0.3, -0.25) is 19.8 Å². The highest BCUT2D eigenvalue weighted by Gasteiger charge is 2.60. The fraction of sp³-hybridized carbons (Fsp3) is 0.652. The van der Waals surface area contributed by atoms with Crippen LogP contribution in [0.3, 0.4) is 0 Å². The summed E-state index contributed by atoms with van der Waals surface area (Å²) >= 11 is 1.41. The Labute approximate surface area is 233 Å². The van der Waals surface area contributed by atoms with Gasteiger partial charge >= 0.3 is 5.97 Å². The topological polar surface area (TPSA) is 225 Å². The molecule has 0 aromatic carbocycles. The highest BCUT2D eigenvalue weighted by atomic mass is 32.2. The number of carbonyl (C=O) groups is 4. The van der Waals surface area contributed by atoms with Gasteiger partial charge in [0.1, 0.15) is 18.6 Å². The normalized spacial score (nSPS) is 30.2. The number of carboxylic acids is 1. The number of aliphatic carboxylic acids is 1. The number of fused-ring (bicyclic) bond motifs is 1. The van der Waals surface area contributed by atoms with E-state index in [1.54, 1.807) is 11.8 Å². The van der Waals surface area contributed by atoms with Crippen molar-refractivity contribution in [1.82, 2.24) is 46.0 Å². The second kappa shape index (κ2) is 11.0. The summed E-state index contributed by atoms with van der Waals surface area (Å²) in [5.41, 5.74) is 5.41. The number of carboxylic acid groups (broad SMARTS) is 1. The Morgan fingerprint density at radius 2 is 2.15 bits per heavy atom. The lowest BCUT2D eigenvalue weighted by molar-refractivity contribution is -0.158. The molecule has 40 heavy (non-hydrogen) atoms. The van der Waals surface area contributed by atoms with E-state index in [0.29, 0.717) is 37.4 Å². The van der Waals surface area contributed by atoms with Crippen LogP contribution >= 0.6 is 11.8 Å². The van der Waals surface area contributed by atoms with Gasteiger partial charge in [-0.15, -0.1) is 16.9 Å². The predicted molar refractivity (Wildman–Crippen MR) is 141 cm³/mol. The fourth-order valence-corrected chi connectivity index (χ4v) is 7.64. The highest BCUT2D eigenvalue weighted by Crippen LogP contribution is 2.51. The first-order chi connectivity index (χ1) is 19.0. The van der Waals surface area contributed by atoms with Crippen LogP contribution in [-0.4, -0.2) is 114 Å². The molecule has 3 amide bonds. The summed E-state index contributed by atoms with van der Waals surface area (Å²) < 4.78 is 1.27. The van der Waals surface area contributed by atoms with Crippen molar-refractivity contribution in [2.45, 2.75) is 62.7 Å². The maximum Gasteiger partial charge on any atom is 0.353 e. The second-order valence-electron chi connectivity index (χ2n) is 10.7. The largest absolute Gasteiger partial charge is 0.477 e. The second-order valence-corrected chi connectivity index (χ2v) is 12.0. The van der Waals surface area contributed by atoms with Crippen molar-refractivity contribution in [3.8, 4) is 0 Å². The fourth-order valence-electron chi connectivity index (χ4n) is 6.17. The zero-order valence-corrected chi connectivity index (χ0v) is 22.9. The molecule has 4 aliphatic heterocycles. The van der Waals surface area contributed by atoms with E-state index in [2.05, 4.69) is 31.5 Å². The van der Waals surface area contributed by atoms with Crippen LogP contribution in [0.5, 0.6) is 0 Å². The molecule has 0 radical (unpaired) electrons. The molecule has 1 aromatic heterocycles. The molecule has 3 saturated heterocycles. The van der Waals surface area contributed by atoms with Crippen molar-refractivity contribution in [3.63, 3.8) is 0 Å². The molecule has 1 aromatic rings. The van der Waals surface area contributed by atoms with Crippen LogP contribution in [-0.2, 0) is 25.7 Å². The van der Waals surface area contributed by atoms with Crippen molar-refractivity contribution in [1.29, 1.82) is 5.41 Å². The van der Waals surface area contributed by atoms with Crippen LogP contribution in [0.25, 0.3) is 0 Å².